The second-order valence-corrected chi connectivity index (χ2v) is 9.18. The van der Waals surface area contributed by atoms with E-state index in [9.17, 15) is 19.2 Å². The van der Waals surface area contributed by atoms with Crippen molar-refractivity contribution < 1.29 is 23.9 Å². The van der Waals surface area contributed by atoms with Crippen molar-refractivity contribution in [3.63, 3.8) is 0 Å². The van der Waals surface area contributed by atoms with Gasteiger partial charge >= 0.3 is 12.0 Å². The number of carbonyl (C=O) groups is 4. The summed E-state index contributed by atoms with van der Waals surface area (Å²) < 4.78 is 5.08. The van der Waals surface area contributed by atoms with Crippen molar-refractivity contribution in [1.82, 2.24) is 15.1 Å². The number of ether oxygens (including phenoxy) is 1. The standard InChI is InChI=1S/C20H25N3O5S/c1-13-2-6-20(7-3-13)18(26)23(19(27)21-20)11-17(25)28-12-16(24)22-8-4-15-14(10-22)5-9-29-15/h5,9,13H,2-4,6-8,10-12H2,1H3,(H,21,27). The number of nitrogens with zero attached hydrogens (tertiary/aromatic N) is 2. The van der Waals surface area contributed by atoms with Crippen LogP contribution in [0.3, 0.4) is 0 Å². The van der Waals surface area contributed by atoms with E-state index in [1.165, 1.54) is 4.88 Å². The van der Waals surface area contributed by atoms with Crippen LogP contribution in [-0.2, 0) is 32.1 Å². The first kappa shape index (κ1) is 19.9. The molecule has 4 rings (SSSR count). The molecule has 0 radical (unpaired) electrons. The SMILES string of the molecule is CC1CCC2(CC1)NC(=O)N(CC(=O)OCC(=O)N1CCc3sccc3C1)C2=O. The maximum atomic E-state index is 12.8. The Balaban J connectivity index is 1.28. The van der Waals surface area contributed by atoms with E-state index in [1.807, 2.05) is 11.4 Å². The predicted octanol–water partition coefficient (Wildman–Crippen LogP) is 1.68. The molecule has 1 saturated heterocycles. The van der Waals surface area contributed by atoms with Crippen LogP contribution >= 0.6 is 11.3 Å². The van der Waals surface area contributed by atoms with E-state index in [1.54, 1.807) is 16.2 Å². The van der Waals surface area contributed by atoms with E-state index in [-0.39, 0.29) is 18.4 Å². The van der Waals surface area contributed by atoms with Gasteiger partial charge in [-0.3, -0.25) is 19.3 Å². The predicted molar refractivity (Wildman–Crippen MR) is 105 cm³/mol. The molecule has 2 aliphatic heterocycles. The fraction of sp³-hybridized carbons (Fsp3) is 0.600. The van der Waals surface area contributed by atoms with Gasteiger partial charge in [0.2, 0.25) is 0 Å². The van der Waals surface area contributed by atoms with Crippen LogP contribution in [0.2, 0.25) is 0 Å². The third kappa shape index (κ3) is 3.88. The zero-order valence-electron chi connectivity index (χ0n) is 16.4. The minimum absolute atomic E-state index is 0.273. The first-order valence-corrected chi connectivity index (χ1v) is 10.9. The average Bonchev–Trinajstić information content (AvgIpc) is 3.26. The van der Waals surface area contributed by atoms with E-state index >= 15 is 0 Å². The summed E-state index contributed by atoms with van der Waals surface area (Å²) >= 11 is 1.69. The number of imide groups is 1. The second kappa shape index (κ2) is 7.78. The lowest BCUT2D eigenvalue weighted by Crippen LogP contribution is -2.49. The minimum atomic E-state index is -0.883. The lowest BCUT2D eigenvalue weighted by molar-refractivity contribution is -0.154. The van der Waals surface area contributed by atoms with Crippen LogP contribution in [0.25, 0.3) is 0 Å². The van der Waals surface area contributed by atoms with E-state index < -0.39 is 24.1 Å². The van der Waals surface area contributed by atoms with Gasteiger partial charge in [-0.1, -0.05) is 6.92 Å². The van der Waals surface area contributed by atoms with Crippen molar-refractivity contribution in [2.45, 2.75) is 51.1 Å². The quantitative estimate of drug-likeness (QED) is 0.592. The number of carbonyl (C=O) groups excluding carboxylic acids is 4. The van der Waals surface area contributed by atoms with E-state index in [4.69, 9.17) is 4.74 Å². The van der Waals surface area contributed by atoms with Gasteiger partial charge in [0.05, 0.1) is 0 Å². The first-order chi connectivity index (χ1) is 13.9. The van der Waals surface area contributed by atoms with Crippen LogP contribution in [0.1, 0.15) is 43.0 Å². The fourth-order valence-electron chi connectivity index (χ4n) is 4.28. The number of hydrogen-bond donors (Lipinski definition) is 1. The average molecular weight is 420 g/mol. The lowest BCUT2D eigenvalue weighted by Gasteiger charge is -2.33. The number of rotatable bonds is 4. The molecule has 1 spiro atoms. The molecule has 29 heavy (non-hydrogen) atoms. The molecule has 4 amide bonds. The van der Waals surface area contributed by atoms with Gasteiger partial charge in [0.15, 0.2) is 6.61 Å². The zero-order valence-corrected chi connectivity index (χ0v) is 17.3. The van der Waals surface area contributed by atoms with Crippen molar-refractivity contribution in [2.75, 3.05) is 19.7 Å². The number of urea groups is 1. The highest BCUT2D eigenvalue weighted by Crippen LogP contribution is 2.36. The highest BCUT2D eigenvalue weighted by Gasteiger charge is 2.52. The number of fused-ring (bicyclic) bond motifs is 1. The molecule has 0 bridgehead atoms. The molecular formula is C20H25N3O5S. The summed E-state index contributed by atoms with van der Waals surface area (Å²) in [4.78, 5) is 53.5. The summed E-state index contributed by atoms with van der Waals surface area (Å²) in [5.41, 5.74) is 0.249. The molecule has 1 saturated carbocycles. The van der Waals surface area contributed by atoms with Gasteiger partial charge < -0.3 is 15.0 Å². The number of nitrogens with one attached hydrogen (secondary N) is 1. The molecule has 0 atom stereocenters. The zero-order chi connectivity index (χ0) is 20.6. The Morgan fingerprint density at radius 2 is 2.07 bits per heavy atom. The van der Waals surface area contributed by atoms with Gasteiger partial charge in [0, 0.05) is 18.0 Å². The van der Waals surface area contributed by atoms with Gasteiger partial charge in [-0.25, -0.2) is 4.79 Å². The highest BCUT2D eigenvalue weighted by molar-refractivity contribution is 7.10. The van der Waals surface area contributed by atoms with Crippen LogP contribution in [0.15, 0.2) is 11.4 Å². The van der Waals surface area contributed by atoms with Gasteiger partial charge in [-0.2, -0.15) is 0 Å². The van der Waals surface area contributed by atoms with E-state index in [2.05, 4.69) is 12.2 Å². The Morgan fingerprint density at radius 1 is 1.31 bits per heavy atom. The van der Waals surface area contributed by atoms with Crippen LogP contribution in [-0.4, -0.2) is 58.8 Å². The number of esters is 1. The minimum Gasteiger partial charge on any atom is -0.454 e. The molecule has 156 valence electrons. The normalized spacial score (nSPS) is 26.4. The second-order valence-electron chi connectivity index (χ2n) is 8.18. The third-order valence-electron chi connectivity index (χ3n) is 6.18. The topological polar surface area (TPSA) is 96.0 Å². The summed E-state index contributed by atoms with van der Waals surface area (Å²) in [5, 5.41) is 4.78. The van der Waals surface area contributed by atoms with Crippen molar-refractivity contribution in [3.05, 3.63) is 21.9 Å². The third-order valence-corrected chi connectivity index (χ3v) is 7.20. The summed E-state index contributed by atoms with van der Waals surface area (Å²) in [7, 11) is 0. The molecule has 9 heteroatoms. The summed E-state index contributed by atoms with van der Waals surface area (Å²) in [6, 6.07) is 1.44. The van der Waals surface area contributed by atoms with Gasteiger partial charge in [-0.05, 0) is 55.0 Å². The van der Waals surface area contributed by atoms with E-state index in [0.717, 1.165) is 29.7 Å². The molecule has 1 aromatic heterocycles. The summed E-state index contributed by atoms with van der Waals surface area (Å²) in [6.07, 6.45) is 3.70. The number of hydrogen-bond acceptors (Lipinski definition) is 6. The number of thiophene rings is 1. The maximum Gasteiger partial charge on any atom is 0.326 e. The van der Waals surface area contributed by atoms with Gasteiger partial charge in [0.1, 0.15) is 12.1 Å². The Kier molecular flexibility index (Phi) is 5.33. The van der Waals surface area contributed by atoms with Crippen LogP contribution in [0.4, 0.5) is 4.79 Å². The molecule has 1 N–H and O–H groups in total. The first-order valence-electron chi connectivity index (χ1n) is 10.0. The fourth-order valence-corrected chi connectivity index (χ4v) is 5.17. The number of amides is 4. The van der Waals surface area contributed by atoms with Crippen molar-refractivity contribution in [1.29, 1.82) is 0 Å². The lowest BCUT2D eigenvalue weighted by atomic mass is 9.77. The molecular weight excluding hydrogens is 394 g/mol. The Bertz CT molecular complexity index is 843. The highest BCUT2D eigenvalue weighted by atomic mass is 32.1. The van der Waals surface area contributed by atoms with Gasteiger partial charge in [0.25, 0.3) is 11.8 Å². The largest absolute Gasteiger partial charge is 0.454 e. The summed E-state index contributed by atoms with van der Waals surface area (Å²) in [5.74, 6) is -0.865. The van der Waals surface area contributed by atoms with Crippen molar-refractivity contribution in [2.24, 2.45) is 5.92 Å². The van der Waals surface area contributed by atoms with Crippen LogP contribution < -0.4 is 5.32 Å². The van der Waals surface area contributed by atoms with Crippen LogP contribution in [0, 0.1) is 5.92 Å². The Labute approximate surface area is 173 Å². The van der Waals surface area contributed by atoms with E-state index in [0.29, 0.717) is 31.8 Å². The molecule has 1 aromatic rings. The van der Waals surface area contributed by atoms with Gasteiger partial charge in [-0.15, -0.1) is 11.3 Å². The molecule has 8 nitrogen and oxygen atoms in total. The Hall–Kier alpha value is -2.42. The molecule has 3 heterocycles. The van der Waals surface area contributed by atoms with Crippen molar-refractivity contribution >= 4 is 35.2 Å². The molecule has 2 fully saturated rings. The van der Waals surface area contributed by atoms with Crippen molar-refractivity contribution in [3.8, 4) is 0 Å². The molecule has 0 unspecified atom stereocenters. The summed E-state index contributed by atoms with van der Waals surface area (Å²) in [6.45, 7) is 2.39. The van der Waals surface area contributed by atoms with Crippen LogP contribution in [0.5, 0.6) is 0 Å². The Morgan fingerprint density at radius 3 is 2.83 bits per heavy atom. The molecule has 1 aliphatic carbocycles. The molecule has 0 aromatic carbocycles. The smallest absolute Gasteiger partial charge is 0.326 e. The molecule has 3 aliphatic rings. The monoisotopic (exact) mass is 419 g/mol. The maximum absolute atomic E-state index is 12.8.